The Labute approximate surface area is 163 Å². The number of aryl methyl sites for hydroxylation is 1. The molecule has 0 N–H and O–H groups in total. The van der Waals surface area contributed by atoms with E-state index in [4.69, 9.17) is 4.84 Å². The SMILES string of the molecule is Cc1ccc(C2=NO[C@@H]3[C@H]4C[C@@H]([C@H]23)[C@@H]2C(=O)N(c3ccccc3)C(=O)[C@H]42)cc1. The summed E-state index contributed by atoms with van der Waals surface area (Å²) in [6.07, 6.45) is 0.783. The summed E-state index contributed by atoms with van der Waals surface area (Å²) in [5, 5.41) is 4.40. The van der Waals surface area contributed by atoms with Crippen LogP contribution in [0.25, 0.3) is 0 Å². The van der Waals surface area contributed by atoms with Crippen LogP contribution in [0.15, 0.2) is 59.8 Å². The van der Waals surface area contributed by atoms with E-state index in [9.17, 15) is 9.59 Å². The van der Waals surface area contributed by atoms with E-state index < -0.39 is 0 Å². The number of amides is 2. The molecule has 5 nitrogen and oxygen atoms in total. The second-order valence-corrected chi connectivity index (χ2v) is 8.40. The molecule has 2 heterocycles. The number of carbonyl (C=O) groups excluding carboxylic acids is 2. The lowest BCUT2D eigenvalue weighted by Gasteiger charge is -2.29. The van der Waals surface area contributed by atoms with Crippen LogP contribution >= 0.6 is 0 Å². The first-order valence-electron chi connectivity index (χ1n) is 9.89. The molecular weight excluding hydrogens is 352 g/mol. The van der Waals surface area contributed by atoms with Crippen LogP contribution < -0.4 is 4.90 Å². The molecule has 5 heteroatoms. The van der Waals surface area contributed by atoms with Crippen molar-refractivity contribution in [2.24, 2.45) is 34.7 Å². The molecule has 2 aliphatic carbocycles. The van der Waals surface area contributed by atoms with Gasteiger partial charge in [-0.1, -0.05) is 53.2 Å². The lowest BCUT2D eigenvalue weighted by atomic mass is 9.71. The van der Waals surface area contributed by atoms with Gasteiger partial charge in [0.2, 0.25) is 11.8 Å². The van der Waals surface area contributed by atoms with Crippen LogP contribution in [0.2, 0.25) is 0 Å². The number of nitrogens with zero attached hydrogens (tertiary/aromatic N) is 2. The van der Waals surface area contributed by atoms with Gasteiger partial charge in [0.05, 0.1) is 23.2 Å². The minimum absolute atomic E-state index is 0.0534. The number of para-hydroxylation sites is 1. The van der Waals surface area contributed by atoms with Crippen LogP contribution in [-0.4, -0.2) is 23.6 Å². The third-order valence-corrected chi connectivity index (χ3v) is 7.05. The molecule has 140 valence electrons. The fourth-order valence-corrected chi connectivity index (χ4v) is 5.92. The fraction of sp³-hybridized carbons (Fsp3) is 0.348. The zero-order valence-electron chi connectivity index (χ0n) is 15.5. The van der Waals surface area contributed by atoms with E-state index in [-0.39, 0.29) is 47.5 Å². The second kappa shape index (κ2) is 5.53. The molecule has 0 aromatic heterocycles. The van der Waals surface area contributed by atoms with Crippen LogP contribution in [0.1, 0.15) is 17.5 Å². The van der Waals surface area contributed by atoms with Gasteiger partial charge in [-0.2, -0.15) is 0 Å². The maximum Gasteiger partial charge on any atom is 0.238 e. The van der Waals surface area contributed by atoms with E-state index in [1.54, 1.807) is 0 Å². The van der Waals surface area contributed by atoms with Crippen molar-refractivity contribution in [1.29, 1.82) is 0 Å². The lowest BCUT2D eigenvalue weighted by Crippen LogP contribution is -2.41. The van der Waals surface area contributed by atoms with E-state index in [2.05, 4.69) is 36.3 Å². The number of carbonyl (C=O) groups is 2. The number of hydrogen-bond acceptors (Lipinski definition) is 4. The summed E-state index contributed by atoms with van der Waals surface area (Å²) in [4.78, 5) is 33.7. The first kappa shape index (κ1) is 16.0. The summed E-state index contributed by atoms with van der Waals surface area (Å²) in [6.45, 7) is 2.06. The smallest absolute Gasteiger partial charge is 0.238 e. The Balaban J connectivity index is 1.36. The molecule has 2 saturated carbocycles. The van der Waals surface area contributed by atoms with Crippen molar-refractivity contribution in [1.82, 2.24) is 0 Å². The van der Waals surface area contributed by atoms with Crippen molar-refractivity contribution in [2.75, 3.05) is 4.90 Å². The first-order valence-corrected chi connectivity index (χ1v) is 9.89. The predicted octanol–water partition coefficient (Wildman–Crippen LogP) is 3.17. The van der Waals surface area contributed by atoms with Gasteiger partial charge < -0.3 is 4.84 Å². The zero-order valence-corrected chi connectivity index (χ0v) is 15.5. The van der Waals surface area contributed by atoms with Crippen molar-refractivity contribution in [3.8, 4) is 0 Å². The van der Waals surface area contributed by atoms with E-state index >= 15 is 0 Å². The first-order chi connectivity index (χ1) is 13.6. The average Bonchev–Trinajstić information content (AvgIpc) is 3.44. The molecule has 2 amide bonds. The van der Waals surface area contributed by atoms with E-state index in [0.717, 1.165) is 17.7 Å². The van der Waals surface area contributed by atoms with Gasteiger partial charge in [0.15, 0.2) is 0 Å². The number of imide groups is 1. The van der Waals surface area contributed by atoms with E-state index in [1.807, 2.05) is 30.3 Å². The van der Waals surface area contributed by atoms with Gasteiger partial charge >= 0.3 is 0 Å². The summed E-state index contributed by atoms with van der Waals surface area (Å²) in [5.74, 6) is -0.365. The fourth-order valence-electron chi connectivity index (χ4n) is 5.92. The molecule has 1 saturated heterocycles. The van der Waals surface area contributed by atoms with Crippen LogP contribution in [0.3, 0.4) is 0 Å². The summed E-state index contributed by atoms with van der Waals surface area (Å²) in [7, 11) is 0. The van der Waals surface area contributed by atoms with Gasteiger partial charge in [-0.15, -0.1) is 0 Å². The van der Waals surface area contributed by atoms with Crippen molar-refractivity contribution < 1.29 is 14.4 Å². The average molecular weight is 372 g/mol. The molecular formula is C23H20N2O3. The number of anilines is 1. The van der Waals surface area contributed by atoms with Crippen LogP contribution in [-0.2, 0) is 14.4 Å². The molecule has 6 rings (SSSR count). The highest BCUT2D eigenvalue weighted by Crippen LogP contribution is 2.61. The predicted molar refractivity (Wildman–Crippen MR) is 104 cm³/mol. The normalized spacial score (nSPS) is 35.0. The van der Waals surface area contributed by atoms with Crippen molar-refractivity contribution >= 4 is 23.2 Å². The van der Waals surface area contributed by atoms with Gasteiger partial charge in [-0.25, -0.2) is 0 Å². The molecule has 4 aliphatic rings. The van der Waals surface area contributed by atoms with E-state index in [0.29, 0.717) is 5.69 Å². The van der Waals surface area contributed by atoms with Gasteiger partial charge in [0.1, 0.15) is 6.10 Å². The third-order valence-electron chi connectivity index (χ3n) is 7.05. The summed E-state index contributed by atoms with van der Waals surface area (Å²) in [5.41, 5.74) is 3.86. The Hall–Kier alpha value is -2.95. The largest absolute Gasteiger partial charge is 0.391 e. The molecule has 3 fully saturated rings. The monoisotopic (exact) mass is 372 g/mol. The summed E-state index contributed by atoms with van der Waals surface area (Å²) in [6, 6.07) is 17.6. The molecule has 28 heavy (non-hydrogen) atoms. The van der Waals surface area contributed by atoms with E-state index in [1.165, 1.54) is 10.5 Å². The number of oxime groups is 1. The molecule has 0 unspecified atom stereocenters. The quantitative estimate of drug-likeness (QED) is 0.761. The highest BCUT2D eigenvalue weighted by Gasteiger charge is 2.70. The van der Waals surface area contributed by atoms with Crippen molar-refractivity contribution in [3.05, 3.63) is 65.7 Å². The molecule has 2 bridgehead atoms. The van der Waals surface area contributed by atoms with Crippen LogP contribution in [0.4, 0.5) is 5.69 Å². The van der Waals surface area contributed by atoms with Gasteiger partial charge in [0.25, 0.3) is 0 Å². The Kier molecular flexibility index (Phi) is 3.17. The van der Waals surface area contributed by atoms with Gasteiger partial charge in [-0.3, -0.25) is 14.5 Å². The molecule has 6 atom stereocenters. The molecule has 2 aromatic carbocycles. The van der Waals surface area contributed by atoms with Crippen LogP contribution in [0, 0.1) is 36.5 Å². The molecule has 0 radical (unpaired) electrons. The standard InChI is InChI=1S/C23H20N2O3/c1-12-7-9-13(10-8-12)20-19-15-11-16(21(19)28-24-20)18-17(15)22(26)25(23(18)27)14-5-3-2-4-6-14/h2-10,15-19,21H,11H2,1H3/t15-,16+,17+,18-,19-,21-/m1/s1. The Morgan fingerprint density at radius 3 is 2.29 bits per heavy atom. The molecule has 2 aliphatic heterocycles. The number of fused-ring (bicyclic) bond motifs is 8. The highest BCUT2D eigenvalue weighted by molar-refractivity contribution is 6.23. The third kappa shape index (κ3) is 1.94. The lowest BCUT2D eigenvalue weighted by molar-refractivity contribution is -0.125. The summed E-state index contributed by atoms with van der Waals surface area (Å²) >= 11 is 0. The van der Waals surface area contributed by atoms with Crippen molar-refractivity contribution in [2.45, 2.75) is 19.4 Å². The minimum Gasteiger partial charge on any atom is -0.391 e. The number of hydrogen-bond donors (Lipinski definition) is 0. The Morgan fingerprint density at radius 1 is 0.893 bits per heavy atom. The number of benzene rings is 2. The molecule has 0 spiro atoms. The number of rotatable bonds is 2. The topological polar surface area (TPSA) is 59.0 Å². The molecule has 2 aromatic rings. The maximum atomic E-state index is 13.3. The zero-order chi connectivity index (χ0) is 19.0. The van der Waals surface area contributed by atoms with Crippen molar-refractivity contribution in [3.63, 3.8) is 0 Å². The second-order valence-electron chi connectivity index (χ2n) is 8.40. The maximum absolute atomic E-state index is 13.3. The highest BCUT2D eigenvalue weighted by atomic mass is 16.6. The van der Waals surface area contributed by atoms with Gasteiger partial charge in [0, 0.05) is 11.8 Å². The minimum atomic E-state index is -0.272. The van der Waals surface area contributed by atoms with Gasteiger partial charge in [-0.05, 0) is 37.0 Å². The Bertz CT molecular complexity index is 1010. The van der Waals surface area contributed by atoms with Crippen LogP contribution in [0.5, 0.6) is 0 Å². The summed E-state index contributed by atoms with van der Waals surface area (Å²) < 4.78 is 0. The Morgan fingerprint density at radius 2 is 1.57 bits per heavy atom.